The van der Waals surface area contributed by atoms with Crippen LogP contribution >= 0.6 is 0 Å². The Morgan fingerprint density at radius 1 is 0.455 bits per heavy atom. The number of phenols is 4. The summed E-state index contributed by atoms with van der Waals surface area (Å²) in [6.45, 7) is 14.6. The zero-order valence-corrected chi connectivity index (χ0v) is 48.8. The van der Waals surface area contributed by atoms with Gasteiger partial charge in [-0.05, 0) is 178 Å². The molecule has 0 bridgehead atoms. The van der Waals surface area contributed by atoms with Crippen LogP contribution in [0, 0.1) is 19.8 Å². The Labute approximate surface area is 465 Å². The van der Waals surface area contributed by atoms with Crippen molar-refractivity contribution in [3.8, 4) is 23.0 Å². The summed E-state index contributed by atoms with van der Waals surface area (Å²) in [5.41, 5.74) is 12.2. The normalized spacial score (nSPS) is 18.2. The van der Waals surface area contributed by atoms with Gasteiger partial charge >= 0.3 is 0 Å². The third-order valence-corrected chi connectivity index (χ3v) is 18.5. The van der Waals surface area contributed by atoms with E-state index in [4.69, 9.17) is 19.7 Å². The van der Waals surface area contributed by atoms with Crippen molar-refractivity contribution >= 4 is 0 Å². The second-order valence-electron chi connectivity index (χ2n) is 25.3. The molecule has 4 aromatic carbocycles. The Morgan fingerprint density at radius 2 is 0.805 bits per heavy atom. The third-order valence-electron chi connectivity index (χ3n) is 18.5. The van der Waals surface area contributed by atoms with Gasteiger partial charge in [0.2, 0.25) is 0 Å². The summed E-state index contributed by atoms with van der Waals surface area (Å²) in [5, 5.41) is 64.1. The van der Waals surface area contributed by atoms with E-state index in [0.29, 0.717) is 43.0 Å². The molecular formula is C69H102O8. The van der Waals surface area contributed by atoms with Gasteiger partial charge in [-0.3, -0.25) is 0 Å². The SMILES string of the molecule is CC1(c2cc(CCCOC3CCCCC3)cc(Cc3cc(CCCOC4CCCCC4)cc(C4(C)CCCCC4)c3O)c2O)CCCCC1.Cc1cc(CCCO)cc(C(c2cc(CCCO)cc(C)c2O)C(C)C)c1O. The predicted octanol–water partition coefficient (Wildman–Crippen LogP) is 16.0. The lowest BCUT2D eigenvalue weighted by atomic mass is 9.69. The molecule has 0 atom stereocenters. The maximum Gasteiger partial charge on any atom is 0.122 e. The van der Waals surface area contributed by atoms with Crippen LogP contribution < -0.4 is 0 Å². The van der Waals surface area contributed by atoms with Crippen molar-refractivity contribution in [3.05, 3.63) is 115 Å². The predicted molar refractivity (Wildman–Crippen MR) is 315 cm³/mol. The van der Waals surface area contributed by atoms with E-state index in [-0.39, 0.29) is 47.4 Å². The minimum absolute atomic E-state index is 0.00531. The van der Waals surface area contributed by atoms with Gasteiger partial charge in [-0.15, -0.1) is 0 Å². The van der Waals surface area contributed by atoms with Crippen molar-refractivity contribution in [2.24, 2.45) is 5.92 Å². The van der Waals surface area contributed by atoms with Crippen LogP contribution in [0.2, 0.25) is 0 Å². The molecule has 8 rings (SSSR count). The smallest absolute Gasteiger partial charge is 0.122 e. The van der Waals surface area contributed by atoms with Crippen LogP contribution in [0.1, 0.15) is 254 Å². The topological polar surface area (TPSA) is 140 Å². The van der Waals surface area contributed by atoms with Crippen LogP contribution in [0.15, 0.2) is 48.5 Å². The fourth-order valence-corrected chi connectivity index (χ4v) is 13.9. The van der Waals surface area contributed by atoms with Gasteiger partial charge in [0.05, 0.1) is 12.2 Å². The number of aliphatic hydroxyl groups is 2. The van der Waals surface area contributed by atoms with E-state index in [0.717, 1.165) is 133 Å². The number of aliphatic hydroxyl groups excluding tert-OH is 2. The lowest BCUT2D eigenvalue weighted by Crippen LogP contribution is -2.26. The highest BCUT2D eigenvalue weighted by Crippen LogP contribution is 2.48. The van der Waals surface area contributed by atoms with Crippen molar-refractivity contribution in [3.63, 3.8) is 0 Å². The van der Waals surface area contributed by atoms with Crippen LogP contribution in [-0.4, -0.2) is 69.3 Å². The van der Waals surface area contributed by atoms with Crippen LogP contribution in [0.3, 0.4) is 0 Å². The molecule has 4 aliphatic carbocycles. The van der Waals surface area contributed by atoms with E-state index in [1.807, 2.05) is 38.1 Å². The quantitative estimate of drug-likeness (QED) is 0.0404. The molecule has 4 aromatic rings. The van der Waals surface area contributed by atoms with Gasteiger partial charge < -0.3 is 40.1 Å². The average Bonchev–Trinajstić information content (AvgIpc) is 3.44. The minimum atomic E-state index is -0.152. The lowest BCUT2D eigenvalue weighted by Gasteiger charge is -2.36. The molecule has 426 valence electrons. The number of hydrogen-bond acceptors (Lipinski definition) is 8. The van der Waals surface area contributed by atoms with E-state index in [9.17, 15) is 20.4 Å². The molecule has 0 amide bonds. The van der Waals surface area contributed by atoms with Crippen molar-refractivity contribution in [2.45, 2.75) is 257 Å². The van der Waals surface area contributed by atoms with Crippen LogP contribution in [-0.2, 0) is 52.4 Å². The van der Waals surface area contributed by atoms with Gasteiger partial charge in [0.1, 0.15) is 23.0 Å². The van der Waals surface area contributed by atoms with E-state index in [2.05, 4.69) is 52.0 Å². The molecule has 0 heterocycles. The zero-order valence-electron chi connectivity index (χ0n) is 48.8. The maximum absolute atomic E-state index is 12.0. The summed E-state index contributed by atoms with van der Waals surface area (Å²) >= 11 is 0. The number of benzene rings is 4. The highest BCUT2D eigenvalue weighted by Gasteiger charge is 2.35. The summed E-state index contributed by atoms with van der Waals surface area (Å²) in [4.78, 5) is 0. The second kappa shape index (κ2) is 29.4. The van der Waals surface area contributed by atoms with Gasteiger partial charge in [0, 0.05) is 61.0 Å². The highest BCUT2D eigenvalue weighted by atomic mass is 16.5. The first-order valence-electron chi connectivity index (χ1n) is 30.9. The zero-order chi connectivity index (χ0) is 55.0. The molecular weight excluding hydrogens is 957 g/mol. The highest BCUT2D eigenvalue weighted by molar-refractivity contribution is 5.56. The summed E-state index contributed by atoms with van der Waals surface area (Å²) in [7, 11) is 0. The number of aromatic hydroxyl groups is 4. The molecule has 4 saturated carbocycles. The molecule has 77 heavy (non-hydrogen) atoms. The molecule has 0 aliphatic heterocycles. The Kier molecular flexibility index (Phi) is 23.1. The standard InChI is InChI=1S/C45H68O4.C24H34O4/c1-44(23-11-5-12-24-44)40-31-34(17-15-27-48-38-19-7-3-8-20-38)29-36(42(40)46)33-37-30-35(18-16-28-49-39-21-9-4-10-22-39)32-41(43(37)47)45(2)25-13-6-14-26-45;1-15(2)22(20-13-18(7-5-9-25)11-16(3)23(20)27)21-14-19(8-6-10-26)12-17(4)24(21)28/h29-32,38-39,46-47H,3-28,33H2,1-2H3;11-15,22,25-28H,5-10H2,1-4H3. The Hall–Kier alpha value is -4.08. The largest absolute Gasteiger partial charge is 0.507 e. The van der Waals surface area contributed by atoms with Gasteiger partial charge in [-0.1, -0.05) is 153 Å². The number of rotatable bonds is 23. The average molecular weight is 1060 g/mol. The van der Waals surface area contributed by atoms with Crippen LogP contribution in [0.25, 0.3) is 0 Å². The minimum Gasteiger partial charge on any atom is -0.507 e. The molecule has 8 nitrogen and oxygen atoms in total. The fraction of sp³-hybridized carbons (Fsp3) is 0.652. The fourth-order valence-electron chi connectivity index (χ4n) is 13.9. The van der Waals surface area contributed by atoms with Gasteiger partial charge in [0.15, 0.2) is 0 Å². The first-order valence-corrected chi connectivity index (χ1v) is 30.9. The third kappa shape index (κ3) is 16.5. The van der Waals surface area contributed by atoms with E-state index in [1.54, 1.807) is 0 Å². The first-order chi connectivity index (χ1) is 37.1. The van der Waals surface area contributed by atoms with Gasteiger partial charge in [-0.2, -0.15) is 0 Å². The summed E-state index contributed by atoms with van der Waals surface area (Å²) in [6.07, 6.45) is 32.9. The molecule has 0 aromatic heterocycles. The summed E-state index contributed by atoms with van der Waals surface area (Å²) < 4.78 is 12.6. The summed E-state index contributed by atoms with van der Waals surface area (Å²) in [5.74, 6) is 1.47. The van der Waals surface area contributed by atoms with Crippen LogP contribution in [0.5, 0.6) is 23.0 Å². The molecule has 0 saturated heterocycles. The van der Waals surface area contributed by atoms with Gasteiger partial charge in [-0.25, -0.2) is 0 Å². The number of hydrogen-bond donors (Lipinski definition) is 6. The van der Waals surface area contributed by atoms with E-state index >= 15 is 0 Å². The maximum atomic E-state index is 12.0. The number of aryl methyl sites for hydroxylation is 6. The van der Waals surface area contributed by atoms with Crippen LogP contribution in [0.4, 0.5) is 0 Å². The molecule has 4 aliphatic rings. The van der Waals surface area contributed by atoms with Gasteiger partial charge in [0.25, 0.3) is 0 Å². The molecule has 0 unspecified atom stereocenters. The molecule has 0 spiro atoms. The van der Waals surface area contributed by atoms with Crippen molar-refractivity contribution < 1.29 is 40.1 Å². The Morgan fingerprint density at radius 3 is 1.17 bits per heavy atom. The Balaban J connectivity index is 0.000000261. The van der Waals surface area contributed by atoms with Crippen molar-refractivity contribution in [1.29, 1.82) is 0 Å². The lowest BCUT2D eigenvalue weighted by molar-refractivity contribution is 0.0272. The van der Waals surface area contributed by atoms with Crippen molar-refractivity contribution in [1.82, 2.24) is 0 Å². The monoisotopic (exact) mass is 1060 g/mol. The molecule has 4 fully saturated rings. The number of ether oxygens (including phenoxy) is 2. The number of phenolic OH excluding ortho intramolecular Hbond substituents is 4. The molecule has 0 radical (unpaired) electrons. The Bertz CT molecular complexity index is 2280. The van der Waals surface area contributed by atoms with Crippen molar-refractivity contribution in [2.75, 3.05) is 26.4 Å². The second-order valence-corrected chi connectivity index (χ2v) is 25.3. The summed E-state index contributed by atoms with van der Waals surface area (Å²) in [6, 6.07) is 17.1. The van der Waals surface area contributed by atoms with E-state index < -0.39 is 0 Å². The van der Waals surface area contributed by atoms with E-state index in [1.165, 1.54) is 114 Å². The molecule has 6 N–H and O–H groups in total. The molecule has 8 heteroatoms. The first kappa shape index (κ1) is 60.6.